The van der Waals surface area contributed by atoms with Crippen molar-refractivity contribution in [2.24, 2.45) is 0 Å². The van der Waals surface area contributed by atoms with Crippen LogP contribution in [-0.2, 0) is 0 Å². The van der Waals surface area contributed by atoms with E-state index in [2.05, 4.69) is 21.9 Å². The first-order valence-corrected chi connectivity index (χ1v) is 9.75. The third-order valence-corrected chi connectivity index (χ3v) is 5.48. The van der Waals surface area contributed by atoms with Gasteiger partial charge in [-0.1, -0.05) is 60.7 Å². The molecule has 2 unspecified atom stereocenters. The summed E-state index contributed by atoms with van der Waals surface area (Å²) in [5.74, 6) is -0.211. The van der Waals surface area contributed by atoms with Crippen molar-refractivity contribution in [2.45, 2.75) is 12.1 Å². The Labute approximate surface area is 165 Å². The van der Waals surface area contributed by atoms with E-state index in [1.807, 2.05) is 60.7 Å². The van der Waals surface area contributed by atoms with E-state index in [9.17, 15) is 9.50 Å². The molecule has 1 saturated heterocycles. The summed E-state index contributed by atoms with van der Waals surface area (Å²) in [6.45, 7) is 3.36. The first kappa shape index (κ1) is 18.7. The average Bonchev–Trinajstić information content (AvgIpc) is 2.76. The van der Waals surface area contributed by atoms with Gasteiger partial charge < -0.3 is 10.0 Å². The summed E-state index contributed by atoms with van der Waals surface area (Å²) < 4.78 is 13.2. The standard InChI is InChI=1S/C24H25FN2O/c25-21-11-13-22(14-12-21)26-15-17-27(18-16-26)23(19-7-3-1-4-8-19)24(28)20-9-5-2-6-10-20/h1-14,23-24,28H,15-18H2. The minimum absolute atomic E-state index is 0.0982. The van der Waals surface area contributed by atoms with Crippen LogP contribution in [0.2, 0.25) is 0 Å². The van der Waals surface area contributed by atoms with Crippen molar-refractivity contribution < 1.29 is 9.50 Å². The summed E-state index contributed by atoms with van der Waals surface area (Å²) in [5, 5.41) is 11.2. The van der Waals surface area contributed by atoms with Crippen molar-refractivity contribution in [3.63, 3.8) is 0 Å². The van der Waals surface area contributed by atoms with Gasteiger partial charge in [-0.3, -0.25) is 4.90 Å². The SMILES string of the molecule is OC(c1ccccc1)C(c1ccccc1)N1CCN(c2ccc(F)cc2)CC1. The second-order valence-corrected chi connectivity index (χ2v) is 7.21. The molecule has 28 heavy (non-hydrogen) atoms. The van der Waals surface area contributed by atoms with Crippen LogP contribution < -0.4 is 4.90 Å². The van der Waals surface area contributed by atoms with Gasteiger partial charge >= 0.3 is 0 Å². The Balaban J connectivity index is 1.54. The van der Waals surface area contributed by atoms with Gasteiger partial charge in [0, 0.05) is 31.9 Å². The predicted octanol–water partition coefficient (Wildman–Crippen LogP) is 4.42. The molecule has 1 heterocycles. The highest BCUT2D eigenvalue weighted by Gasteiger charge is 2.31. The van der Waals surface area contributed by atoms with Gasteiger partial charge in [-0.2, -0.15) is 0 Å². The van der Waals surface area contributed by atoms with E-state index in [4.69, 9.17) is 0 Å². The summed E-state index contributed by atoms with van der Waals surface area (Å²) in [6, 6.07) is 26.7. The number of benzene rings is 3. The first-order chi connectivity index (χ1) is 13.7. The lowest BCUT2D eigenvalue weighted by Gasteiger charge is -2.42. The van der Waals surface area contributed by atoms with E-state index in [0.29, 0.717) is 0 Å². The van der Waals surface area contributed by atoms with Gasteiger partial charge in [-0.05, 0) is 35.4 Å². The maximum Gasteiger partial charge on any atom is 0.123 e. The third-order valence-electron chi connectivity index (χ3n) is 5.48. The molecule has 1 aliphatic rings. The molecule has 0 spiro atoms. The molecule has 1 aliphatic heterocycles. The zero-order valence-electron chi connectivity index (χ0n) is 15.8. The van der Waals surface area contributed by atoms with Crippen molar-refractivity contribution in [2.75, 3.05) is 31.1 Å². The van der Waals surface area contributed by atoms with E-state index < -0.39 is 6.10 Å². The zero-order valence-corrected chi connectivity index (χ0v) is 15.8. The highest BCUT2D eigenvalue weighted by atomic mass is 19.1. The molecular formula is C24H25FN2O. The summed E-state index contributed by atoms with van der Waals surface area (Å²) in [5.41, 5.74) is 3.09. The summed E-state index contributed by atoms with van der Waals surface area (Å²) in [6.07, 6.45) is -0.596. The van der Waals surface area contributed by atoms with Crippen LogP contribution in [0.25, 0.3) is 0 Å². The Kier molecular flexibility index (Phi) is 5.70. The van der Waals surface area contributed by atoms with Crippen molar-refractivity contribution in [3.05, 3.63) is 102 Å². The average molecular weight is 376 g/mol. The van der Waals surface area contributed by atoms with Gasteiger partial charge in [0.15, 0.2) is 0 Å². The summed E-state index contributed by atoms with van der Waals surface area (Å²) in [7, 11) is 0. The number of hydrogen-bond acceptors (Lipinski definition) is 3. The van der Waals surface area contributed by atoms with Crippen LogP contribution in [0, 0.1) is 5.82 Å². The molecule has 2 atom stereocenters. The van der Waals surface area contributed by atoms with Crippen LogP contribution in [0.3, 0.4) is 0 Å². The van der Waals surface area contributed by atoms with Crippen LogP contribution in [0.15, 0.2) is 84.9 Å². The number of aliphatic hydroxyl groups excluding tert-OH is 1. The number of rotatable bonds is 5. The topological polar surface area (TPSA) is 26.7 Å². The van der Waals surface area contributed by atoms with Gasteiger partial charge in [0.1, 0.15) is 5.82 Å². The number of halogens is 1. The fourth-order valence-electron chi connectivity index (χ4n) is 3.99. The quantitative estimate of drug-likeness (QED) is 0.714. The molecule has 4 rings (SSSR count). The van der Waals surface area contributed by atoms with E-state index >= 15 is 0 Å². The molecule has 0 aromatic heterocycles. The Bertz CT molecular complexity index is 862. The van der Waals surface area contributed by atoms with Gasteiger partial charge in [0.25, 0.3) is 0 Å². The van der Waals surface area contributed by atoms with Crippen LogP contribution in [0.5, 0.6) is 0 Å². The van der Waals surface area contributed by atoms with Gasteiger partial charge in [-0.15, -0.1) is 0 Å². The lowest BCUT2D eigenvalue weighted by molar-refractivity contribution is 0.0436. The van der Waals surface area contributed by atoms with Crippen LogP contribution in [-0.4, -0.2) is 36.2 Å². The molecule has 1 fully saturated rings. The third kappa shape index (κ3) is 4.08. The molecule has 144 valence electrons. The fraction of sp³-hybridized carbons (Fsp3) is 0.250. The summed E-state index contributed by atoms with van der Waals surface area (Å²) in [4.78, 5) is 4.62. The molecule has 3 nitrogen and oxygen atoms in total. The van der Waals surface area contributed by atoms with Crippen LogP contribution >= 0.6 is 0 Å². The molecule has 0 amide bonds. The molecule has 3 aromatic carbocycles. The number of aliphatic hydroxyl groups is 1. The Morgan fingerprint density at radius 3 is 1.79 bits per heavy atom. The molecule has 0 bridgehead atoms. The second-order valence-electron chi connectivity index (χ2n) is 7.21. The Hall–Kier alpha value is -2.69. The van der Waals surface area contributed by atoms with Crippen molar-refractivity contribution in [1.29, 1.82) is 0 Å². The van der Waals surface area contributed by atoms with Crippen molar-refractivity contribution >= 4 is 5.69 Å². The molecule has 3 aromatic rings. The largest absolute Gasteiger partial charge is 0.386 e. The normalized spacial score (nSPS) is 17.3. The zero-order chi connectivity index (χ0) is 19.3. The highest BCUT2D eigenvalue weighted by molar-refractivity contribution is 5.46. The lowest BCUT2D eigenvalue weighted by atomic mass is 9.94. The first-order valence-electron chi connectivity index (χ1n) is 9.75. The molecule has 0 radical (unpaired) electrons. The van der Waals surface area contributed by atoms with Crippen LogP contribution in [0.1, 0.15) is 23.3 Å². The van der Waals surface area contributed by atoms with Gasteiger partial charge in [-0.25, -0.2) is 4.39 Å². The molecule has 1 N–H and O–H groups in total. The molecule has 0 saturated carbocycles. The summed E-state index contributed by atoms with van der Waals surface area (Å²) >= 11 is 0. The highest BCUT2D eigenvalue weighted by Crippen LogP contribution is 2.35. The maximum atomic E-state index is 13.2. The Morgan fingerprint density at radius 1 is 0.679 bits per heavy atom. The maximum absolute atomic E-state index is 13.2. The number of nitrogens with zero attached hydrogens (tertiary/aromatic N) is 2. The number of anilines is 1. The minimum Gasteiger partial charge on any atom is -0.386 e. The fourth-order valence-corrected chi connectivity index (χ4v) is 3.99. The van der Waals surface area contributed by atoms with E-state index in [-0.39, 0.29) is 11.9 Å². The van der Waals surface area contributed by atoms with Crippen molar-refractivity contribution in [3.8, 4) is 0 Å². The van der Waals surface area contributed by atoms with Crippen molar-refractivity contribution in [1.82, 2.24) is 4.90 Å². The lowest BCUT2D eigenvalue weighted by Crippen LogP contribution is -2.48. The molecular weight excluding hydrogens is 351 g/mol. The van der Waals surface area contributed by atoms with Gasteiger partial charge in [0.2, 0.25) is 0 Å². The number of hydrogen-bond donors (Lipinski definition) is 1. The monoisotopic (exact) mass is 376 g/mol. The van der Waals surface area contributed by atoms with E-state index in [0.717, 1.165) is 43.0 Å². The number of piperazine rings is 1. The second kappa shape index (κ2) is 8.55. The van der Waals surface area contributed by atoms with E-state index in [1.54, 1.807) is 0 Å². The van der Waals surface area contributed by atoms with Gasteiger partial charge in [0.05, 0.1) is 12.1 Å². The predicted molar refractivity (Wildman–Crippen MR) is 111 cm³/mol. The van der Waals surface area contributed by atoms with Crippen LogP contribution in [0.4, 0.5) is 10.1 Å². The molecule has 4 heteroatoms. The Morgan fingerprint density at radius 2 is 1.21 bits per heavy atom. The smallest absolute Gasteiger partial charge is 0.123 e. The molecule has 0 aliphatic carbocycles. The van der Waals surface area contributed by atoms with E-state index in [1.165, 1.54) is 12.1 Å². The minimum atomic E-state index is -0.596.